The molecule has 0 aliphatic rings. The van der Waals surface area contributed by atoms with E-state index in [4.69, 9.17) is 5.26 Å². The lowest BCUT2D eigenvalue weighted by atomic mass is 9.94. The van der Waals surface area contributed by atoms with Crippen molar-refractivity contribution >= 4 is 5.91 Å². The summed E-state index contributed by atoms with van der Waals surface area (Å²) in [7, 11) is 1.73. The smallest absolute Gasteiger partial charge is 0.242 e. The number of H-pyrrole nitrogens is 1. The van der Waals surface area contributed by atoms with Crippen molar-refractivity contribution in [1.82, 2.24) is 9.88 Å². The highest BCUT2D eigenvalue weighted by molar-refractivity contribution is 5.84. The van der Waals surface area contributed by atoms with Gasteiger partial charge in [-0.05, 0) is 26.0 Å². The Morgan fingerprint density at radius 1 is 1.62 bits per heavy atom. The number of amides is 1. The van der Waals surface area contributed by atoms with E-state index in [0.717, 1.165) is 12.1 Å². The van der Waals surface area contributed by atoms with Crippen LogP contribution in [-0.4, -0.2) is 29.4 Å². The maximum absolute atomic E-state index is 11.8. The minimum atomic E-state index is -0.940. The topological polar surface area (TPSA) is 59.9 Å². The van der Waals surface area contributed by atoms with Crippen molar-refractivity contribution < 1.29 is 4.79 Å². The number of nitrogens with one attached hydrogen (secondary N) is 1. The van der Waals surface area contributed by atoms with Gasteiger partial charge in [-0.25, -0.2) is 0 Å². The lowest BCUT2D eigenvalue weighted by Crippen LogP contribution is -2.38. The van der Waals surface area contributed by atoms with Crippen molar-refractivity contribution in [3.05, 3.63) is 24.0 Å². The molecule has 0 aliphatic carbocycles. The minimum absolute atomic E-state index is 0.137. The van der Waals surface area contributed by atoms with Gasteiger partial charge in [-0.3, -0.25) is 4.79 Å². The van der Waals surface area contributed by atoms with Gasteiger partial charge in [0.1, 0.15) is 5.41 Å². The minimum Gasteiger partial charge on any atom is -0.365 e. The highest BCUT2D eigenvalue weighted by Crippen LogP contribution is 2.16. The van der Waals surface area contributed by atoms with Crippen LogP contribution in [0.15, 0.2) is 18.3 Å². The number of carbonyl (C=O) groups is 1. The molecule has 0 aliphatic heterocycles. The SMILES string of the molecule is CN(CCc1ccc[nH]1)C(=O)C(C)(C)C#N. The fourth-order valence-corrected chi connectivity index (χ4v) is 1.44. The van der Waals surface area contributed by atoms with Crippen molar-refractivity contribution in [3.8, 4) is 6.07 Å². The normalized spacial score (nSPS) is 10.9. The lowest BCUT2D eigenvalue weighted by molar-refractivity contribution is -0.136. The van der Waals surface area contributed by atoms with Gasteiger partial charge in [-0.1, -0.05) is 0 Å². The first-order valence-electron chi connectivity index (χ1n) is 5.26. The van der Waals surface area contributed by atoms with E-state index < -0.39 is 5.41 Å². The average Bonchev–Trinajstić information content (AvgIpc) is 2.77. The Balaban J connectivity index is 2.50. The number of likely N-dealkylation sites (N-methyl/N-ethyl adjacent to an activating group) is 1. The van der Waals surface area contributed by atoms with Crippen LogP contribution in [0.2, 0.25) is 0 Å². The summed E-state index contributed by atoms with van der Waals surface area (Å²) in [5, 5.41) is 8.86. The second-order valence-corrected chi connectivity index (χ2v) is 4.41. The second-order valence-electron chi connectivity index (χ2n) is 4.41. The Bertz CT molecular complexity index is 387. The van der Waals surface area contributed by atoms with E-state index in [0.29, 0.717) is 6.54 Å². The third-order valence-electron chi connectivity index (χ3n) is 2.54. The van der Waals surface area contributed by atoms with Gasteiger partial charge in [0.15, 0.2) is 0 Å². The summed E-state index contributed by atoms with van der Waals surface area (Å²) in [6.07, 6.45) is 2.63. The van der Waals surface area contributed by atoms with E-state index in [1.54, 1.807) is 25.8 Å². The van der Waals surface area contributed by atoms with Crippen LogP contribution in [0.5, 0.6) is 0 Å². The number of rotatable bonds is 4. The van der Waals surface area contributed by atoms with Crippen LogP contribution >= 0.6 is 0 Å². The predicted molar refractivity (Wildman–Crippen MR) is 61.5 cm³/mol. The molecule has 1 aromatic heterocycles. The Hall–Kier alpha value is -1.76. The molecule has 0 fully saturated rings. The number of aromatic nitrogens is 1. The summed E-state index contributed by atoms with van der Waals surface area (Å²) in [5.41, 5.74) is 0.152. The Labute approximate surface area is 95.9 Å². The van der Waals surface area contributed by atoms with Gasteiger partial charge in [-0.15, -0.1) is 0 Å². The summed E-state index contributed by atoms with van der Waals surface area (Å²) in [5.74, 6) is -0.137. The molecule has 0 aromatic carbocycles. The summed E-state index contributed by atoms with van der Waals surface area (Å²) in [6.45, 7) is 3.89. The Morgan fingerprint density at radius 2 is 2.31 bits per heavy atom. The zero-order valence-electron chi connectivity index (χ0n) is 9.95. The van der Waals surface area contributed by atoms with Crippen molar-refractivity contribution in [2.24, 2.45) is 5.41 Å². The highest BCUT2D eigenvalue weighted by Gasteiger charge is 2.29. The Morgan fingerprint density at radius 3 is 2.81 bits per heavy atom. The number of nitrogens with zero attached hydrogens (tertiary/aromatic N) is 2. The highest BCUT2D eigenvalue weighted by atomic mass is 16.2. The van der Waals surface area contributed by atoms with Gasteiger partial charge in [0.25, 0.3) is 0 Å². The molecule has 86 valence electrons. The summed E-state index contributed by atoms with van der Waals surface area (Å²) in [4.78, 5) is 16.5. The van der Waals surface area contributed by atoms with E-state index in [9.17, 15) is 4.79 Å². The van der Waals surface area contributed by atoms with Crippen LogP contribution < -0.4 is 0 Å². The maximum atomic E-state index is 11.8. The van der Waals surface area contributed by atoms with Gasteiger partial charge in [0.2, 0.25) is 5.91 Å². The number of nitriles is 1. The zero-order valence-corrected chi connectivity index (χ0v) is 9.95. The van der Waals surface area contributed by atoms with E-state index >= 15 is 0 Å². The van der Waals surface area contributed by atoms with Crippen LogP contribution in [-0.2, 0) is 11.2 Å². The average molecular weight is 219 g/mol. The maximum Gasteiger partial charge on any atom is 0.242 e. The summed E-state index contributed by atoms with van der Waals surface area (Å²) in [6, 6.07) is 5.92. The molecule has 0 atom stereocenters. The van der Waals surface area contributed by atoms with Crippen LogP contribution in [0.4, 0.5) is 0 Å². The van der Waals surface area contributed by atoms with Gasteiger partial charge in [0, 0.05) is 31.9 Å². The Kier molecular flexibility index (Phi) is 3.73. The lowest BCUT2D eigenvalue weighted by Gasteiger charge is -2.23. The first kappa shape index (κ1) is 12.3. The summed E-state index contributed by atoms with van der Waals surface area (Å²) < 4.78 is 0. The standard InChI is InChI=1S/C12H17N3O/c1-12(2,9-13)11(16)15(3)8-6-10-5-4-7-14-10/h4-5,7,14H,6,8H2,1-3H3. The molecule has 16 heavy (non-hydrogen) atoms. The number of hydrogen-bond acceptors (Lipinski definition) is 2. The molecule has 4 nitrogen and oxygen atoms in total. The number of hydrogen-bond donors (Lipinski definition) is 1. The molecule has 0 saturated carbocycles. The first-order valence-corrected chi connectivity index (χ1v) is 5.26. The van der Waals surface area contributed by atoms with Crippen LogP contribution in [0, 0.1) is 16.7 Å². The largest absolute Gasteiger partial charge is 0.365 e. The van der Waals surface area contributed by atoms with Crippen LogP contribution in [0.3, 0.4) is 0 Å². The van der Waals surface area contributed by atoms with Crippen molar-refractivity contribution in [2.45, 2.75) is 20.3 Å². The van der Waals surface area contributed by atoms with Gasteiger partial charge >= 0.3 is 0 Å². The molecule has 0 unspecified atom stereocenters. The molecule has 1 aromatic rings. The van der Waals surface area contributed by atoms with Crippen LogP contribution in [0.25, 0.3) is 0 Å². The second kappa shape index (κ2) is 4.84. The first-order chi connectivity index (χ1) is 7.47. The fourth-order valence-electron chi connectivity index (χ4n) is 1.44. The monoisotopic (exact) mass is 219 g/mol. The van der Waals surface area contributed by atoms with E-state index in [-0.39, 0.29) is 5.91 Å². The number of carbonyl (C=O) groups excluding carboxylic acids is 1. The quantitative estimate of drug-likeness (QED) is 0.835. The van der Waals surface area contributed by atoms with Crippen LogP contribution in [0.1, 0.15) is 19.5 Å². The van der Waals surface area contributed by atoms with Gasteiger partial charge < -0.3 is 9.88 Å². The molecule has 1 rings (SSSR count). The summed E-state index contributed by atoms with van der Waals surface area (Å²) >= 11 is 0. The molecule has 1 N–H and O–H groups in total. The van der Waals surface area contributed by atoms with Crippen molar-refractivity contribution in [1.29, 1.82) is 5.26 Å². The zero-order chi connectivity index (χ0) is 12.2. The van der Waals surface area contributed by atoms with E-state index in [1.807, 2.05) is 24.4 Å². The molecule has 4 heteroatoms. The van der Waals surface area contributed by atoms with Gasteiger partial charge in [-0.2, -0.15) is 5.26 Å². The molecular formula is C12H17N3O. The molecule has 0 spiro atoms. The van der Waals surface area contributed by atoms with Gasteiger partial charge in [0.05, 0.1) is 6.07 Å². The van der Waals surface area contributed by atoms with E-state index in [1.165, 1.54) is 0 Å². The van der Waals surface area contributed by atoms with Crippen molar-refractivity contribution in [3.63, 3.8) is 0 Å². The van der Waals surface area contributed by atoms with E-state index in [2.05, 4.69) is 4.98 Å². The predicted octanol–water partition coefficient (Wildman–Crippen LogP) is 1.57. The molecule has 1 amide bonds. The molecule has 0 bridgehead atoms. The van der Waals surface area contributed by atoms with Crippen molar-refractivity contribution in [2.75, 3.05) is 13.6 Å². The molecule has 0 radical (unpaired) electrons. The molecular weight excluding hydrogens is 202 g/mol. The molecule has 1 heterocycles. The third-order valence-corrected chi connectivity index (χ3v) is 2.54. The fraction of sp³-hybridized carbons (Fsp3) is 0.500. The number of aromatic amines is 1. The third kappa shape index (κ3) is 2.86. The molecule has 0 saturated heterocycles.